The normalized spacial score (nSPS) is 12.5. The van der Waals surface area contributed by atoms with Crippen LogP contribution in [-0.4, -0.2) is 26.7 Å². The monoisotopic (exact) mass is 270 g/mol. The number of nitrogens with zero attached hydrogens (tertiary/aromatic N) is 3. The first kappa shape index (κ1) is 14.7. The van der Waals surface area contributed by atoms with Crippen molar-refractivity contribution in [1.29, 1.82) is 0 Å². The van der Waals surface area contributed by atoms with Gasteiger partial charge in [0.1, 0.15) is 6.20 Å². The fourth-order valence-corrected chi connectivity index (χ4v) is 2.14. The van der Waals surface area contributed by atoms with E-state index in [-0.39, 0.29) is 10.9 Å². The number of thioether (sulfide) groups is 1. The lowest BCUT2D eigenvalue weighted by Crippen LogP contribution is -2.09. The van der Waals surface area contributed by atoms with Gasteiger partial charge in [0, 0.05) is 11.8 Å². The van der Waals surface area contributed by atoms with Gasteiger partial charge in [0.05, 0.1) is 4.92 Å². The van der Waals surface area contributed by atoms with E-state index in [4.69, 9.17) is 0 Å². The Balaban J connectivity index is 3.03. The van der Waals surface area contributed by atoms with Gasteiger partial charge >= 0.3 is 5.69 Å². The predicted molar refractivity (Wildman–Crippen MR) is 73.0 cm³/mol. The van der Waals surface area contributed by atoms with E-state index < -0.39 is 4.92 Å². The Morgan fingerprint density at radius 1 is 1.50 bits per heavy atom. The van der Waals surface area contributed by atoms with Crippen LogP contribution in [0.25, 0.3) is 0 Å². The second-order valence-corrected chi connectivity index (χ2v) is 5.60. The van der Waals surface area contributed by atoms with Gasteiger partial charge in [-0.1, -0.05) is 32.5 Å². The Kier molecular flexibility index (Phi) is 5.33. The van der Waals surface area contributed by atoms with Crippen LogP contribution in [0.15, 0.2) is 11.2 Å². The third-order valence-corrected chi connectivity index (χ3v) is 3.94. The van der Waals surface area contributed by atoms with Crippen molar-refractivity contribution in [1.82, 2.24) is 9.97 Å². The van der Waals surface area contributed by atoms with Gasteiger partial charge in [-0.15, -0.1) is 0 Å². The zero-order valence-corrected chi connectivity index (χ0v) is 11.8. The average molecular weight is 270 g/mol. The van der Waals surface area contributed by atoms with Crippen LogP contribution in [0.5, 0.6) is 0 Å². The van der Waals surface area contributed by atoms with E-state index in [1.807, 2.05) is 13.8 Å². The molecule has 1 heterocycles. The molecule has 18 heavy (non-hydrogen) atoms. The standard InChI is InChI=1S/C11H18N4O2S/c1-5-12-11-13-6-9(15(16)17)10(14-11)18-8(4)7(2)3/h6-8H,5H2,1-4H3,(H,12,13,14). The molecule has 0 radical (unpaired) electrons. The molecule has 0 saturated heterocycles. The predicted octanol–water partition coefficient (Wildman–Crippen LogP) is 2.95. The summed E-state index contributed by atoms with van der Waals surface area (Å²) in [5.74, 6) is 0.855. The minimum Gasteiger partial charge on any atom is -0.354 e. The topological polar surface area (TPSA) is 81.0 Å². The van der Waals surface area contributed by atoms with Crippen molar-refractivity contribution in [3.05, 3.63) is 16.3 Å². The number of nitro groups is 1. The lowest BCUT2D eigenvalue weighted by Gasteiger charge is -2.14. The SMILES string of the molecule is CCNc1ncc([N+](=O)[O-])c(SC(C)C(C)C)n1. The number of rotatable bonds is 6. The van der Waals surface area contributed by atoms with Gasteiger partial charge in [-0.05, 0) is 12.8 Å². The van der Waals surface area contributed by atoms with Crippen LogP contribution >= 0.6 is 11.8 Å². The summed E-state index contributed by atoms with van der Waals surface area (Å²) in [5.41, 5.74) is -0.0332. The van der Waals surface area contributed by atoms with Gasteiger partial charge in [0.2, 0.25) is 5.95 Å². The Hall–Kier alpha value is -1.37. The van der Waals surface area contributed by atoms with Crippen LogP contribution in [0.3, 0.4) is 0 Å². The van der Waals surface area contributed by atoms with Gasteiger partial charge in [-0.2, -0.15) is 4.98 Å². The van der Waals surface area contributed by atoms with Gasteiger partial charge < -0.3 is 5.32 Å². The maximum atomic E-state index is 10.9. The van der Waals surface area contributed by atoms with E-state index in [0.29, 0.717) is 23.4 Å². The first-order chi connectivity index (χ1) is 8.45. The Morgan fingerprint density at radius 2 is 2.17 bits per heavy atom. The third-order valence-electron chi connectivity index (χ3n) is 2.50. The summed E-state index contributed by atoms with van der Waals surface area (Å²) in [6, 6.07) is 0. The van der Waals surface area contributed by atoms with Crippen LogP contribution in [-0.2, 0) is 0 Å². The second kappa shape index (κ2) is 6.53. The molecule has 0 saturated carbocycles. The van der Waals surface area contributed by atoms with E-state index >= 15 is 0 Å². The molecule has 6 nitrogen and oxygen atoms in total. The van der Waals surface area contributed by atoms with Crippen molar-refractivity contribution >= 4 is 23.4 Å². The first-order valence-corrected chi connectivity index (χ1v) is 6.75. The molecule has 0 fully saturated rings. The summed E-state index contributed by atoms with van der Waals surface area (Å²) in [4.78, 5) is 18.6. The number of hydrogen-bond donors (Lipinski definition) is 1. The van der Waals surface area contributed by atoms with E-state index in [0.717, 1.165) is 0 Å². The smallest absolute Gasteiger partial charge is 0.319 e. The Bertz CT molecular complexity index is 426. The molecule has 1 atom stereocenters. The highest BCUT2D eigenvalue weighted by Crippen LogP contribution is 2.33. The molecule has 1 rings (SSSR count). The van der Waals surface area contributed by atoms with Crippen LogP contribution in [0.1, 0.15) is 27.7 Å². The minimum atomic E-state index is -0.439. The summed E-state index contributed by atoms with van der Waals surface area (Å²) in [7, 11) is 0. The summed E-state index contributed by atoms with van der Waals surface area (Å²) in [6.45, 7) is 8.80. The largest absolute Gasteiger partial charge is 0.354 e. The van der Waals surface area contributed by atoms with Crippen LogP contribution < -0.4 is 5.32 Å². The molecular formula is C11H18N4O2S. The molecule has 0 aliphatic carbocycles. The molecule has 0 spiro atoms. The van der Waals surface area contributed by atoms with Crippen molar-refractivity contribution in [3.63, 3.8) is 0 Å². The number of hydrogen-bond acceptors (Lipinski definition) is 6. The molecule has 1 aromatic heterocycles. The molecule has 0 aromatic carbocycles. The molecule has 0 amide bonds. The third kappa shape index (κ3) is 3.83. The van der Waals surface area contributed by atoms with Crippen molar-refractivity contribution in [2.24, 2.45) is 5.92 Å². The van der Waals surface area contributed by atoms with Crippen molar-refractivity contribution in [2.45, 2.75) is 38.0 Å². The highest BCUT2D eigenvalue weighted by atomic mass is 32.2. The van der Waals surface area contributed by atoms with E-state index in [2.05, 4.69) is 29.1 Å². The summed E-state index contributed by atoms with van der Waals surface area (Å²) >= 11 is 1.41. The zero-order valence-electron chi connectivity index (χ0n) is 11.0. The molecule has 0 bridgehead atoms. The molecule has 0 aliphatic heterocycles. The molecule has 7 heteroatoms. The maximum Gasteiger partial charge on any atom is 0.319 e. The van der Waals surface area contributed by atoms with Crippen LogP contribution in [0.4, 0.5) is 11.6 Å². The Morgan fingerprint density at radius 3 is 2.67 bits per heavy atom. The number of nitrogens with one attached hydrogen (secondary N) is 1. The second-order valence-electron chi connectivity index (χ2n) is 4.24. The highest BCUT2D eigenvalue weighted by molar-refractivity contribution is 8.00. The Labute approximate surface area is 111 Å². The van der Waals surface area contributed by atoms with Crippen molar-refractivity contribution < 1.29 is 4.92 Å². The van der Waals surface area contributed by atoms with E-state index in [1.54, 1.807) is 0 Å². The molecule has 1 aromatic rings. The van der Waals surface area contributed by atoms with Crippen LogP contribution in [0, 0.1) is 16.0 Å². The highest BCUT2D eigenvalue weighted by Gasteiger charge is 2.21. The van der Waals surface area contributed by atoms with Gasteiger partial charge in [-0.3, -0.25) is 10.1 Å². The van der Waals surface area contributed by atoms with Gasteiger partial charge in [-0.25, -0.2) is 4.98 Å². The van der Waals surface area contributed by atoms with E-state index in [1.165, 1.54) is 18.0 Å². The maximum absolute atomic E-state index is 10.9. The average Bonchev–Trinajstić information content (AvgIpc) is 2.29. The molecular weight excluding hydrogens is 252 g/mol. The summed E-state index contributed by atoms with van der Waals surface area (Å²) in [6.07, 6.45) is 1.26. The lowest BCUT2D eigenvalue weighted by atomic mass is 10.2. The fraction of sp³-hybridized carbons (Fsp3) is 0.636. The molecule has 1 unspecified atom stereocenters. The first-order valence-electron chi connectivity index (χ1n) is 5.87. The number of anilines is 1. The van der Waals surface area contributed by atoms with E-state index in [9.17, 15) is 10.1 Å². The molecule has 100 valence electrons. The zero-order chi connectivity index (χ0) is 13.7. The van der Waals surface area contributed by atoms with Crippen molar-refractivity contribution in [2.75, 3.05) is 11.9 Å². The van der Waals surface area contributed by atoms with Gasteiger partial charge in [0.25, 0.3) is 0 Å². The van der Waals surface area contributed by atoms with Crippen molar-refractivity contribution in [3.8, 4) is 0 Å². The molecule has 0 aliphatic rings. The summed E-state index contributed by atoms with van der Waals surface area (Å²) < 4.78 is 0. The quantitative estimate of drug-likeness (QED) is 0.370. The lowest BCUT2D eigenvalue weighted by molar-refractivity contribution is -0.388. The summed E-state index contributed by atoms with van der Waals surface area (Å²) in [5, 5.41) is 14.6. The minimum absolute atomic E-state index is 0.0332. The number of aromatic nitrogens is 2. The molecule has 1 N–H and O–H groups in total. The van der Waals surface area contributed by atoms with Crippen LogP contribution in [0.2, 0.25) is 0 Å². The van der Waals surface area contributed by atoms with Gasteiger partial charge in [0.15, 0.2) is 5.03 Å². The fourth-order valence-electron chi connectivity index (χ4n) is 1.13.